The molecule has 0 aliphatic carbocycles. The number of benzene rings is 4. The van der Waals surface area contributed by atoms with Gasteiger partial charge in [-0.15, -0.1) is 10.2 Å². The van der Waals surface area contributed by atoms with E-state index in [1.165, 1.54) is 0 Å². The average molecular weight is 632 g/mol. The molecule has 10 heteroatoms. The number of carbonyl (C=O) groups excluding carboxylic acids is 1. The third-order valence-electron chi connectivity index (χ3n) is 5.39. The number of halogens is 2. The van der Waals surface area contributed by atoms with Gasteiger partial charge in [0.1, 0.15) is 29.0 Å². The molecule has 0 aliphatic heterocycles. The zero-order valence-corrected chi connectivity index (χ0v) is 24.1. The van der Waals surface area contributed by atoms with E-state index < -0.39 is 23.7 Å². The molecule has 0 bridgehead atoms. The Bertz CT molecular complexity index is 1240. The maximum Gasteiger partial charge on any atom is 0.513 e. The Morgan fingerprint density at radius 2 is 1.13 bits per heavy atom. The van der Waals surface area contributed by atoms with Gasteiger partial charge < -0.3 is 9.47 Å². The first-order valence-electron chi connectivity index (χ1n) is 11.6. The predicted octanol–water partition coefficient (Wildman–Crippen LogP) is 2.16. The molecule has 0 fully saturated rings. The minimum Gasteiger partial charge on any atom is -0.434 e. The molecule has 0 radical (unpaired) electrons. The summed E-state index contributed by atoms with van der Waals surface area (Å²) in [4.78, 5) is 12.5. The van der Waals surface area contributed by atoms with Gasteiger partial charge in [-0.1, -0.05) is 70.5 Å². The van der Waals surface area contributed by atoms with Crippen molar-refractivity contribution in [2.24, 2.45) is 0 Å². The lowest BCUT2D eigenvalue weighted by molar-refractivity contribution is -2.00. The molecule has 0 N–H and O–H groups in total. The number of hydrogen-bond acceptors (Lipinski definition) is 7. The van der Waals surface area contributed by atoms with E-state index in [1.54, 1.807) is 6.92 Å². The largest absolute Gasteiger partial charge is 0.513 e. The van der Waals surface area contributed by atoms with Crippen molar-refractivity contribution in [1.82, 2.24) is 0 Å². The summed E-state index contributed by atoms with van der Waals surface area (Å²) in [5.41, 5.74) is 0.795. The van der Waals surface area contributed by atoms with E-state index in [4.69, 9.17) is 28.1 Å². The van der Waals surface area contributed by atoms with Gasteiger partial charge in [0.2, 0.25) is 0 Å². The fourth-order valence-electron chi connectivity index (χ4n) is 3.85. The Morgan fingerprint density at radius 1 is 0.744 bits per heavy atom. The predicted molar refractivity (Wildman–Crippen MR) is 145 cm³/mol. The monoisotopic (exact) mass is 630 g/mol. The van der Waals surface area contributed by atoms with Crippen LogP contribution in [0.25, 0.3) is 5.76 Å². The normalized spacial score (nSPS) is 11.7. The number of carbonyl (C=O) groups is 1. The summed E-state index contributed by atoms with van der Waals surface area (Å²) in [6.07, 6.45) is -0.719. The van der Waals surface area contributed by atoms with Gasteiger partial charge in [-0.05, 0) is 67.6 Å². The van der Waals surface area contributed by atoms with Crippen LogP contribution in [0.2, 0.25) is 0 Å². The Kier molecular flexibility index (Phi) is 11.2. The molecule has 0 aliphatic rings. The average Bonchev–Trinajstić information content (AvgIpc) is 2.92. The van der Waals surface area contributed by atoms with Gasteiger partial charge in [0, 0.05) is 10.0 Å². The molecule has 0 amide bonds. The zero-order valence-electron chi connectivity index (χ0n) is 20.8. The third kappa shape index (κ3) is 8.98. The SMILES string of the molecule is CCOC(=O)OC(=C[P+](c1ccccc1)(c1ccccc1)c1ccccc1)c1ccc(Br)cc1.[O-][Cl+3]([O-])([O-])[O-]. The van der Waals surface area contributed by atoms with Crippen LogP contribution in [0.4, 0.5) is 4.79 Å². The van der Waals surface area contributed by atoms with Crippen LogP contribution in [0.5, 0.6) is 0 Å². The van der Waals surface area contributed by atoms with Gasteiger partial charge >= 0.3 is 6.16 Å². The van der Waals surface area contributed by atoms with Crippen molar-refractivity contribution in [3.05, 3.63) is 131 Å². The summed E-state index contributed by atoms with van der Waals surface area (Å²) >= 11 is 3.50. The standard InChI is InChI=1S/C29H25BrO3P.ClHO4/c1-2-32-29(31)33-28(23-18-20-24(30)21-19-23)22-34(25-12-6-3-7-13-25,26-14-8-4-9-15-26)27-16-10-5-11-17-27;2-1(3,4)5/h3-22H,2H2,1H3;(H,2,3,4,5)/q+1;/p-1. The van der Waals surface area contributed by atoms with E-state index in [2.05, 4.69) is 94.5 Å². The van der Waals surface area contributed by atoms with E-state index >= 15 is 0 Å². The Hall–Kier alpha value is -3.07. The van der Waals surface area contributed by atoms with Crippen molar-refractivity contribution in [3.8, 4) is 0 Å². The highest BCUT2D eigenvalue weighted by molar-refractivity contribution is 9.10. The Morgan fingerprint density at radius 3 is 1.49 bits per heavy atom. The molecule has 0 heterocycles. The van der Waals surface area contributed by atoms with Crippen LogP contribution in [0.3, 0.4) is 0 Å². The van der Waals surface area contributed by atoms with E-state index in [0.717, 1.165) is 25.9 Å². The van der Waals surface area contributed by atoms with Crippen LogP contribution in [0, 0.1) is 10.2 Å². The van der Waals surface area contributed by atoms with Gasteiger partial charge in [-0.3, -0.25) is 0 Å². The molecule has 0 unspecified atom stereocenters. The molecule has 0 atom stereocenters. The van der Waals surface area contributed by atoms with E-state index in [1.807, 2.05) is 42.5 Å². The molecule has 4 aromatic carbocycles. The Labute approximate surface area is 238 Å². The van der Waals surface area contributed by atoms with Crippen LogP contribution >= 0.6 is 23.2 Å². The lowest BCUT2D eigenvalue weighted by Gasteiger charge is -2.25. The highest BCUT2D eigenvalue weighted by atomic mass is 79.9. The van der Waals surface area contributed by atoms with Gasteiger partial charge in [-0.25, -0.2) is 23.4 Å². The van der Waals surface area contributed by atoms with Crippen LogP contribution in [0.15, 0.2) is 126 Å². The first-order chi connectivity index (χ1) is 18.6. The second kappa shape index (κ2) is 14.4. The molecule has 4 aromatic rings. The molecular formula is C29H25BrClO7P. The van der Waals surface area contributed by atoms with Crippen molar-refractivity contribution >= 4 is 51.0 Å². The minimum atomic E-state index is -4.94. The van der Waals surface area contributed by atoms with Gasteiger partial charge in [-0.2, -0.15) is 0 Å². The van der Waals surface area contributed by atoms with Crippen molar-refractivity contribution in [2.75, 3.05) is 6.61 Å². The molecule has 0 saturated carbocycles. The highest BCUT2D eigenvalue weighted by Gasteiger charge is 2.45. The smallest absolute Gasteiger partial charge is 0.434 e. The molecule has 7 nitrogen and oxygen atoms in total. The number of rotatable bonds is 7. The topological polar surface area (TPSA) is 128 Å². The first-order valence-corrected chi connectivity index (χ1v) is 15.5. The molecule has 0 saturated heterocycles. The van der Waals surface area contributed by atoms with Crippen molar-refractivity contribution in [1.29, 1.82) is 0 Å². The molecule has 202 valence electrons. The van der Waals surface area contributed by atoms with E-state index in [0.29, 0.717) is 5.76 Å². The second-order valence-electron chi connectivity index (χ2n) is 7.89. The van der Waals surface area contributed by atoms with Crippen LogP contribution in [0.1, 0.15) is 12.5 Å². The number of hydrogen-bond donors (Lipinski definition) is 0. The minimum absolute atomic E-state index is 0.239. The van der Waals surface area contributed by atoms with Crippen molar-refractivity contribution in [3.63, 3.8) is 0 Å². The van der Waals surface area contributed by atoms with Gasteiger partial charge in [0.15, 0.2) is 5.76 Å². The van der Waals surface area contributed by atoms with Crippen LogP contribution in [-0.4, -0.2) is 12.8 Å². The van der Waals surface area contributed by atoms with E-state index in [9.17, 15) is 4.79 Å². The summed E-state index contributed by atoms with van der Waals surface area (Å²) in [6, 6.07) is 39.0. The maximum atomic E-state index is 12.5. The first kappa shape index (κ1) is 30.5. The summed E-state index contributed by atoms with van der Waals surface area (Å²) in [5, 5.41) is 3.48. The van der Waals surface area contributed by atoms with Crippen molar-refractivity contribution in [2.45, 2.75) is 6.92 Å². The molecule has 4 rings (SSSR count). The molecular weight excluding hydrogens is 607 g/mol. The van der Waals surface area contributed by atoms with Crippen LogP contribution in [-0.2, 0) is 9.47 Å². The Balaban J connectivity index is 0.000000771. The fraction of sp³-hybridized carbons (Fsp3) is 0.0690. The summed E-state index contributed by atoms with van der Waals surface area (Å²) in [5.74, 6) is 2.60. The molecule has 0 spiro atoms. The van der Waals surface area contributed by atoms with E-state index in [-0.39, 0.29) is 6.61 Å². The van der Waals surface area contributed by atoms with Crippen molar-refractivity contribution < 1.29 is 43.1 Å². The van der Waals surface area contributed by atoms with Gasteiger partial charge in [0.05, 0.1) is 6.61 Å². The number of ether oxygens (including phenoxy) is 2. The van der Waals surface area contributed by atoms with Gasteiger partial charge in [0.25, 0.3) is 0 Å². The summed E-state index contributed by atoms with van der Waals surface area (Å²) in [6.45, 7) is 2.00. The van der Waals surface area contributed by atoms with Crippen LogP contribution < -0.4 is 34.5 Å². The lowest BCUT2D eigenvalue weighted by Crippen LogP contribution is -2.68. The molecule has 39 heavy (non-hydrogen) atoms. The molecule has 0 aromatic heterocycles. The lowest BCUT2D eigenvalue weighted by atomic mass is 10.2. The maximum absolute atomic E-state index is 12.5. The highest BCUT2D eigenvalue weighted by Crippen LogP contribution is 2.58. The summed E-state index contributed by atoms with van der Waals surface area (Å²) < 4.78 is 45.9. The summed E-state index contributed by atoms with van der Waals surface area (Å²) in [7, 11) is -7.31. The fourth-order valence-corrected chi connectivity index (χ4v) is 7.93. The third-order valence-corrected chi connectivity index (χ3v) is 9.87. The zero-order chi connectivity index (χ0) is 28.3. The quantitative estimate of drug-likeness (QED) is 0.174. The second-order valence-corrected chi connectivity index (χ2v) is 12.8.